The fourth-order valence-corrected chi connectivity index (χ4v) is 2.70. The van der Waals surface area contributed by atoms with Crippen LogP contribution < -0.4 is 10.6 Å². The first-order valence-corrected chi connectivity index (χ1v) is 6.83. The van der Waals surface area contributed by atoms with Gasteiger partial charge in [-0.1, -0.05) is 17.7 Å². The molecule has 2 rings (SSSR count). The molecule has 17 heavy (non-hydrogen) atoms. The molecule has 0 aromatic heterocycles. The number of rotatable bonds is 2. The number of nitrogens with zero attached hydrogens (tertiary/aromatic N) is 1. The molecule has 0 unspecified atom stereocenters. The number of anilines is 1. The lowest BCUT2D eigenvalue weighted by molar-refractivity contribution is 0.782. The van der Waals surface area contributed by atoms with Gasteiger partial charge >= 0.3 is 0 Å². The van der Waals surface area contributed by atoms with Crippen molar-refractivity contribution in [1.29, 1.82) is 0 Å². The van der Waals surface area contributed by atoms with E-state index in [1.54, 1.807) is 0 Å². The van der Waals surface area contributed by atoms with Crippen LogP contribution in [0.2, 0.25) is 0 Å². The first-order valence-electron chi connectivity index (χ1n) is 6.03. The molecule has 0 aliphatic carbocycles. The van der Waals surface area contributed by atoms with Crippen LogP contribution in [0.25, 0.3) is 0 Å². The molecule has 1 aromatic rings. The van der Waals surface area contributed by atoms with Crippen LogP contribution in [0.1, 0.15) is 31.9 Å². The second kappa shape index (κ2) is 5.23. The van der Waals surface area contributed by atoms with Crippen LogP contribution in [-0.2, 0) is 0 Å². The fraction of sp³-hybridized carbons (Fsp3) is 0.429. The van der Waals surface area contributed by atoms with E-state index < -0.39 is 0 Å². The maximum Gasteiger partial charge on any atom is 0.0513 e. The Kier molecular flexibility index (Phi) is 3.89. The van der Waals surface area contributed by atoms with Crippen LogP contribution >= 0.6 is 15.9 Å². The first-order chi connectivity index (χ1) is 8.08. The van der Waals surface area contributed by atoms with Crippen molar-refractivity contribution in [2.45, 2.75) is 26.3 Å². The highest BCUT2D eigenvalue weighted by Gasteiger charge is 2.13. The summed E-state index contributed by atoms with van der Waals surface area (Å²) in [5.74, 6) is 0. The van der Waals surface area contributed by atoms with E-state index in [2.05, 4.69) is 52.0 Å². The highest BCUT2D eigenvalue weighted by atomic mass is 79.9. The summed E-state index contributed by atoms with van der Waals surface area (Å²) in [5.41, 5.74) is 9.81. The molecule has 1 atom stereocenters. The van der Waals surface area contributed by atoms with Gasteiger partial charge in [-0.15, -0.1) is 0 Å². The predicted molar refractivity (Wildman–Crippen MR) is 77.3 cm³/mol. The van der Waals surface area contributed by atoms with Crippen molar-refractivity contribution in [2.24, 2.45) is 5.73 Å². The number of nitrogens with two attached hydrogens (primary N) is 1. The van der Waals surface area contributed by atoms with Crippen molar-refractivity contribution in [1.82, 2.24) is 0 Å². The summed E-state index contributed by atoms with van der Waals surface area (Å²) in [5, 5.41) is 0. The Bertz CT molecular complexity index is 438. The summed E-state index contributed by atoms with van der Waals surface area (Å²) in [7, 11) is 0. The van der Waals surface area contributed by atoms with Gasteiger partial charge in [-0.05, 0) is 53.9 Å². The van der Waals surface area contributed by atoms with Gasteiger partial charge in [0.2, 0.25) is 0 Å². The Balaban J connectivity index is 2.22. The first kappa shape index (κ1) is 12.7. The Hall–Kier alpha value is -0.800. The minimum atomic E-state index is 0.0869. The lowest BCUT2D eigenvalue weighted by Crippen LogP contribution is -2.28. The van der Waals surface area contributed by atoms with Crippen molar-refractivity contribution in [2.75, 3.05) is 18.0 Å². The van der Waals surface area contributed by atoms with Crippen molar-refractivity contribution in [3.8, 4) is 0 Å². The Morgan fingerprint density at radius 1 is 1.41 bits per heavy atom. The van der Waals surface area contributed by atoms with Crippen molar-refractivity contribution in [3.05, 3.63) is 39.9 Å². The molecule has 0 radical (unpaired) electrons. The third kappa shape index (κ3) is 2.90. The van der Waals surface area contributed by atoms with E-state index in [4.69, 9.17) is 5.73 Å². The third-order valence-electron chi connectivity index (χ3n) is 3.27. The van der Waals surface area contributed by atoms with Crippen molar-refractivity contribution >= 4 is 21.6 Å². The zero-order valence-corrected chi connectivity index (χ0v) is 12.0. The smallest absolute Gasteiger partial charge is 0.0513 e. The van der Waals surface area contributed by atoms with E-state index in [9.17, 15) is 0 Å². The molecule has 0 bridgehead atoms. The number of hydrogen-bond acceptors (Lipinski definition) is 2. The van der Waals surface area contributed by atoms with E-state index in [1.807, 2.05) is 6.92 Å². The monoisotopic (exact) mass is 294 g/mol. The fourth-order valence-electron chi connectivity index (χ4n) is 2.05. The van der Waals surface area contributed by atoms with Gasteiger partial charge in [0, 0.05) is 23.6 Å². The SMILES string of the molecule is CC1=CCN(c2ccc([C@H](C)N)cc2Br)CC1. The van der Waals surface area contributed by atoms with Crippen LogP contribution in [0.5, 0.6) is 0 Å². The topological polar surface area (TPSA) is 29.3 Å². The summed E-state index contributed by atoms with van der Waals surface area (Å²) < 4.78 is 1.14. The second-order valence-corrected chi connectivity index (χ2v) is 5.60. The highest BCUT2D eigenvalue weighted by Crippen LogP contribution is 2.30. The summed E-state index contributed by atoms with van der Waals surface area (Å²) in [6.07, 6.45) is 3.46. The molecule has 92 valence electrons. The minimum Gasteiger partial charge on any atom is -0.367 e. The normalized spacial score (nSPS) is 17.9. The van der Waals surface area contributed by atoms with Gasteiger partial charge in [0.1, 0.15) is 0 Å². The third-order valence-corrected chi connectivity index (χ3v) is 3.91. The molecule has 0 spiro atoms. The summed E-state index contributed by atoms with van der Waals surface area (Å²) >= 11 is 3.65. The van der Waals surface area contributed by atoms with Gasteiger partial charge in [0.25, 0.3) is 0 Å². The Morgan fingerprint density at radius 2 is 2.18 bits per heavy atom. The molecule has 2 nitrogen and oxygen atoms in total. The molecule has 1 aromatic carbocycles. The highest BCUT2D eigenvalue weighted by molar-refractivity contribution is 9.10. The molecule has 1 aliphatic heterocycles. The maximum atomic E-state index is 5.89. The van der Waals surface area contributed by atoms with Gasteiger partial charge in [-0.3, -0.25) is 0 Å². The molecule has 1 heterocycles. The molecule has 0 fully saturated rings. The van der Waals surface area contributed by atoms with Crippen LogP contribution in [-0.4, -0.2) is 13.1 Å². The molecule has 0 saturated carbocycles. The van der Waals surface area contributed by atoms with E-state index in [0.29, 0.717) is 0 Å². The lowest BCUT2D eigenvalue weighted by Gasteiger charge is -2.28. The van der Waals surface area contributed by atoms with Gasteiger partial charge in [-0.2, -0.15) is 0 Å². The van der Waals surface area contributed by atoms with Gasteiger partial charge in [0.15, 0.2) is 0 Å². The van der Waals surface area contributed by atoms with Crippen LogP contribution in [0.3, 0.4) is 0 Å². The summed E-state index contributed by atoms with van der Waals surface area (Å²) in [6.45, 7) is 6.31. The van der Waals surface area contributed by atoms with Gasteiger partial charge in [0.05, 0.1) is 5.69 Å². The minimum absolute atomic E-state index is 0.0869. The maximum absolute atomic E-state index is 5.89. The molecular weight excluding hydrogens is 276 g/mol. The molecule has 0 amide bonds. The largest absolute Gasteiger partial charge is 0.367 e. The van der Waals surface area contributed by atoms with E-state index >= 15 is 0 Å². The molecule has 0 saturated heterocycles. The average Bonchev–Trinajstić information content (AvgIpc) is 2.30. The van der Waals surface area contributed by atoms with E-state index in [0.717, 1.165) is 24.0 Å². The Morgan fingerprint density at radius 3 is 2.71 bits per heavy atom. The summed E-state index contributed by atoms with van der Waals surface area (Å²) in [6, 6.07) is 6.50. The second-order valence-electron chi connectivity index (χ2n) is 4.75. The predicted octanol–water partition coefficient (Wildman–Crippen LogP) is 3.63. The molecule has 1 aliphatic rings. The van der Waals surface area contributed by atoms with Crippen molar-refractivity contribution < 1.29 is 0 Å². The zero-order chi connectivity index (χ0) is 12.4. The van der Waals surface area contributed by atoms with Crippen LogP contribution in [0, 0.1) is 0 Å². The average molecular weight is 295 g/mol. The van der Waals surface area contributed by atoms with E-state index in [-0.39, 0.29) is 6.04 Å². The van der Waals surface area contributed by atoms with Crippen molar-refractivity contribution in [3.63, 3.8) is 0 Å². The number of benzene rings is 1. The number of halogens is 1. The van der Waals surface area contributed by atoms with Gasteiger partial charge in [-0.25, -0.2) is 0 Å². The van der Waals surface area contributed by atoms with E-state index in [1.165, 1.54) is 16.8 Å². The quantitative estimate of drug-likeness (QED) is 0.844. The molecular formula is C14H19BrN2. The standard InChI is InChI=1S/C14H19BrN2/c1-10-5-7-17(8-6-10)14-4-3-12(11(2)16)9-13(14)15/h3-5,9,11H,6-8,16H2,1-2H3/t11-/m0/s1. The summed E-state index contributed by atoms with van der Waals surface area (Å²) in [4.78, 5) is 2.39. The lowest BCUT2D eigenvalue weighted by atomic mass is 10.1. The zero-order valence-electron chi connectivity index (χ0n) is 10.4. The Labute approximate surface area is 112 Å². The van der Waals surface area contributed by atoms with Crippen LogP contribution in [0.15, 0.2) is 34.3 Å². The molecule has 2 N–H and O–H groups in total. The van der Waals surface area contributed by atoms with Crippen LogP contribution in [0.4, 0.5) is 5.69 Å². The van der Waals surface area contributed by atoms with Gasteiger partial charge < -0.3 is 10.6 Å². The number of hydrogen-bond donors (Lipinski definition) is 1. The molecule has 3 heteroatoms.